The lowest BCUT2D eigenvalue weighted by Crippen LogP contribution is -2.56. The van der Waals surface area contributed by atoms with E-state index in [9.17, 15) is 19.2 Å². The molecule has 0 aliphatic carbocycles. The van der Waals surface area contributed by atoms with Crippen LogP contribution in [0.25, 0.3) is 0 Å². The Balaban J connectivity index is 1.60. The van der Waals surface area contributed by atoms with Gasteiger partial charge in [0.2, 0.25) is 17.7 Å². The van der Waals surface area contributed by atoms with Crippen molar-refractivity contribution in [3.8, 4) is 5.75 Å². The van der Waals surface area contributed by atoms with Crippen LogP contribution < -0.4 is 15.4 Å². The minimum atomic E-state index is -1.10. The number of likely N-dealkylation sites (N-methyl/N-ethyl adjacent to an activating group) is 2. The molecule has 1 fully saturated rings. The summed E-state index contributed by atoms with van der Waals surface area (Å²) in [4.78, 5) is 65.7. The summed E-state index contributed by atoms with van der Waals surface area (Å²) in [5.74, 6) is -1.31. The van der Waals surface area contributed by atoms with E-state index in [4.69, 9.17) is 4.74 Å². The second kappa shape index (κ2) is 12.5. The van der Waals surface area contributed by atoms with Crippen LogP contribution in [-0.2, 0) is 20.8 Å². The number of ether oxygens (including phenoxy) is 1. The van der Waals surface area contributed by atoms with Gasteiger partial charge in [0, 0.05) is 51.5 Å². The van der Waals surface area contributed by atoms with Crippen LogP contribution >= 0.6 is 0 Å². The van der Waals surface area contributed by atoms with E-state index in [0.717, 1.165) is 19.6 Å². The Morgan fingerprint density at radius 3 is 2.55 bits per heavy atom. The maximum absolute atomic E-state index is 13.5. The van der Waals surface area contributed by atoms with Gasteiger partial charge in [0.1, 0.15) is 24.4 Å². The molecule has 204 valence electrons. The third kappa shape index (κ3) is 6.68. The first-order chi connectivity index (χ1) is 18.4. The van der Waals surface area contributed by atoms with Crippen molar-refractivity contribution < 1.29 is 23.9 Å². The first-order valence-electron chi connectivity index (χ1n) is 12.9. The highest BCUT2D eigenvalue weighted by Gasteiger charge is 2.33. The largest absolute Gasteiger partial charge is 0.491 e. The van der Waals surface area contributed by atoms with E-state index in [1.807, 2.05) is 0 Å². The van der Waals surface area contributed by atoms with E-state index >= 15 is 0 Å². The van der Waals surface area contributed by atoms with E-state index in [-0.39, 0.29) is 43.4 Å². The van der Waals surface area contributed by atoms with Crippen LogP contribution in [0, 0.1) is 0 Å². The zero-order chi connectivity index (χ0) is 27.1. The Hall–Kier alpha value is -3.93. The van der Waals surface area contributed by atoms with E-state index in [0.29, 0.717) is 24.5 Å². The van der Waals surface area contributed by atoms with Crippen molar-refractivity contribution in [3.63, 3.8) is 0 Å². The zero-order valence-electron chi connectivity index (χ0n) is 21.8. The number of carbonyl (C=O) groups excluding carboxylic acids is 4. The van der Waals surface area contributed by atoms with Gasteiger partial charge in [-0.3, -0.25) is 19.2 Å². The van der Waals surface area contributed by atoms with Crippen LogP contribution in [0.5, 0.6) is 5.75 Å². The van der Waals surface area contributed by atoms with Crippen LogP contribution in [-0.4, -0.2) is 113 Å². The van der Waals surface area contributed by atoms with E-state index in [2.05, 4.69) is 32.4 Å². The molecule has 1 aromatic carbocycles. The molecule has 12 heteroatoms. The number of aromatic nitrogens is 2. The Morgan fingerprint density at radius 2 is 1.84 bits per heavy atom. The SMILES string of the molecule is CCN1CCN(C(=O)[C@@H]2CC(=O)N[C@@H](Cc3cnc[nH]3)C(=O)N(C)CCOc3ccccc3C(=O)N2)CC1. The minimum absolute atomic E-state index is 0.140. The number of hydrogen-bond acceptors (Lipinski definition) is 7. The Labute approximate surface area is 221 Å². The lowest BCUT2D eigenvalue weighted by molar-refractivity contribution is -0.138. The quantitative estimate of drug-likeness (QED) is 0.495. The number of hydrogen-bond donors (Lipinski definition) is 3. The number of amides is 4. The summed E-state index contributed by atoms with van der Waals surface area (Å²) in [6.45, 7) is 5.80. The van der Waals surface area contributed by atoms with Crippen molar-refractivity contribution in [1.82, 2.24) is 35.3 Å². The minimum Gasteiger partial charge on any atom is -0.491 e. The number of aromatic amines is 1. The smallest absolute Gasteiger partial charge is 0.255 e. The first kappa shape index (κ1) is 27.1. The normalized spacial score (nSPS) is 22.1. The second-order valence-corrected chi connectivity index (χ2v) is 9.50. The molecule has 4 amide bonds. The third-order valence-electron chi connectivity index (χ3n) is 6.93. The summed E-state index contributed by atoms with van der Waals surface area (Å²) in [7, 11) is 1.63. The fourth-order valence-corrected chi connectivity index (χ4v) is 4.64. The summed E-state index contributed by atoms with van der Waals surface area (Å²) in [5.41, 5.74) is 0.933. The van der Waals surface area contributed by atoms with Crippen molar-refractivity contribution >= 4 is 23.6 Å². The Bertz CT molecular complexity index is 1130. The molecular formula is C26H35N7O5. The van der Waals surface area contributed by atoms with Gasteiger partial charge in [-0.25, -0.2) is 4.98 Å². The number of nitrogens with zero attached hydrogens (tertiary/aromatic N) is 4. The number of fused-ring (bicyclic) bond motifs is 1. The second-order valence-electron chi connectivity index (χ2n) is 9.50. The van der Waals surface area contributed by atoms with Gasteiger partial charge in [0.25, 0.3) is 5.91 Å². The molecule has 0 unspecified atom stereocenters. The molecule has 1 saturated heterocycles. The molecule has 2 atom stereocenters. The number of H-pyrrole nitrogens is 1. The molecule has 0 bridgehead atoms. The lowest BCUT2D eigenvalue weighted by atomic mass is 10.1. The molecule has 12 nitrogen and oxygen atoms in total. The molecule has 2 aliphatic heterocycles. The van der Waals surface area contributed by atoms with Crippen LogP contribution in [0.15, 0.2) is 36.8 Å². The predicted octanol–water partition coefficient (Wildman–Crippen LogP) is -0.359. The van der Waals surface area contributed by atoms with Gasteiger partial charge in [-0.15, -0.1) is 0 Å². The van der Waals surface area contributed by atoms with Gasteiger partial charge in [0.15, 0.2) is 0 Å². The third-order valence-corrected chi connectivity index (χ3v) is 6.93. The van der Waals surface area contributed by atoms with Crippen LogP contribution in [0.4, 0.5) is 0 Å². The fraction of sp³-hybridized carbons (Fsp3) is 0.500. The monoisotopic (exact) mass is 525 g/mol. The predicted molar refractivity (Wildman–Crippen MR) is 138 cm³/mol. The fourth-order valence-electron chi connectivity index (χ4n) is 4.64. The van der Waals surface area contributed by atoms with Crippen LogP contribution in [0.2, 0.25) is 0 Å². The van der Waals surface area contributed by atoms with E-state index in [1.54, 1.807) is 42.4 Å². The van der Waals surface area contributed by atoms with Crippen molar-refractivity contribution in [2.45, 2.75) is 31.8 Å². The average Bonchev–Trinajstić information content (AvgIpc) is 3.44. The van der Waals surface area contributed by atoms with E-state index < -0.39 is 23.9 Å². The first-order valence-corrected chi connectivity index (χ1v) is 12.9. The number of piperazine rings is 1. The zero-order valence-corrected chi connectivity index (χ0v) is 21.8. The van der Waals surface area contributed by atoms with Crippen LogP contribution in [0.3, 0.4) is 0 Å². The molecule has 2 aromatic rings. The Morgan fingerprint density at radius 1 is 1.08 bits per heavy atom. The Kier molecular flexibility index (Phi) is 8.95. The number of imidazole rings is 1. The summed E-state index contributed by atoms with van der Waals surface area (Å²) in [6.07, 6.45) is 2.98. The highest BCUT2D eigenvalue weighted by molar-refractivity contribution is 6.01. The summed E-state index contributed by atoms with van der Waals surface area (Å²) >= 11 is 0. The molecule has 2 aliphatic rings. The number of rotatable bonds is 4. The number of nitrogens with one attached hydrogen (secondary N) is 3. The van der Waals surface area contributed by atoms with Crippen molar-refractivity contribution in [3.05, 3.63) is 48.0 Å². The van der Waals surface area contributed by atoms with Gasteiger partial charge < -0.3 is 35.1 Å². The average molecular weight is 526 g/mol. The molecule has 0 saturated carbocycles. The van der Waals surface area contributed by atoms with Gasteiger partial charge in [-0.2, -0.15) is 0 Å². The highest BCUT2D eigenvalue weighted by Crippen LogP contribution is 2.19. The van der Waals surface area contributed by atoms with Crippen molar-refractivity contribution in [2.24, 2.45) is 0 Å². The summed E-state index contributed by atoms with van der Waals surface area (Å²) in [6, 6.07) is 4.72. The molecule has 38 heavy (non-hydrogen) atoms. The molecule has 0 radical (unpaired) electrons. The van der Waals surface area contributed by atoms with Gasteiger partial charge in [0.05, 0.1) is 24.9 Å². The van der Waals surface area contributed by atoms with Gasteiger partial charge in [-0.1, -0.05) is 19.1 Å². The lowest BCUT2D eigenvalue weighted by Gasteiger charge is -2.36. The maximum atomic E-state index is 13.5. The summed E-state index contributed by atoms with van der Waals surface area (Å²) in [5, 5.41) is 5.54. The number of carbonyl (C=O) groups is 4. The van der Waals surface area contributed by atoms with Crippen molar-refractivity contribution in [1.29, 1.82) is 0 Å². The molecule has 0 spiro atoms. The molecule has 1 aromatic heterocycles. The summed E-state index contributed by atoms with van der Waals surface area (Å²) < 4.78 is 5.86. The van der Waals surface area contributed by atoms with Crippen molar-refractivity contribution in [2.75, 3.05) is 52.9 Å². The van der Waals surface area contributed by atoms with Gasteiger partial charge in [-0.05, 0) is 18.7 Å². The molecule has 3 heterocycles. The number of benzene rings is 1. The highest BCUT2D eigenvalue weighted by atomic mass is 16.5. The molecule has 3 N–H and O–H groups in total. The van der Waals surface area contributed by atoms with Gasteiger partial charge >= 0.3 is 0 Å². The standard InChI is InChI=1S/C26H35N7O5/c1-3-32-8-10-33(11-9-32)26(37)21-15-23(34)29-20(14-18-16-27-17-28-18)25(36)31(2)12-13-38-22-7-5-4-6-19(22)24(35)30-21/h4-7,16-17,20-21H,3,8-15H2,1-2H3,(H,27,28)(H,29,34)(H,30,35)/t20-,21-/m0/s1. The molecular weight excluding hydrogens is 490 g/mol. The number of para-hydroxylation sites is 1. The maximum Gasteiger partial charge on any atom is 0.255 e. The molecule has 4 rings (SSSR count). The van der Waals surface area contributed by atoms with E-state index in [1.165, 1.54) is 11.2 Å². The van der Waals surface area contributed by atoms with Crippen LogP contribution in [0.1, 0.15) is 29.4 Å². The topological polar surface area (TPSA) is 140 Å².